The normalized spacial score (nSPS) is 22.7. The lowest BCUT2D eigenvalue weighted by atomic mass is 9.86. The molecule has 1 saturated heterocycles. The fraction of sp³-hybridized carbons (Fsp3) is 0.526. The minimum Gasteiger partial charge on any atom is -0.324 e. The zero-order valence-electron chi connectivity index (χ0n) is 14.6. The number of allylic oxidation sites excluding steroid dienone is 2. The summed E-state index contributed by atoms with van der Waals surface area (Å²) in [5.41, 5.74) is 0.880. The van der Waals surface area contributed by atoms with Crippen LogP contribution in [0.5, 0.6) is 0 Å². The van der Waals surface area contributed by atoms with Crippen molar-refractivity contribution in [3.8, 4) is 0 Å². The molecule has 0 aromatic heterocycles. The van der Waals surface area contributed by atoms with Crippen LogP contribution in [0.1, 0.15) is 12.8 Å². The summed E-state index contributed by atoms with van der Waals surface area (Å²) in [5, 5.41) is 3.04. The van der Waals surface area contributed by atoms with E-state index in [4.69, 9.17) is 0 Å². The molecule has 2 unspecified atom stereocenters. The number of carbonyl (C=O) groups excluding carboxylic acids is 1. The van der Waals surface area contributed by atoms with Gasteiger partial charge in [-0.25, -0.2) is 4.79 Å². The first kappa shape index (κ1) is 17.4. The molecular formula is C19H27N3OS. The van der Waals surface area contributed by atoms with Crippen LogP contribution in [0.15, 0.2) is 41.3 Å². The average molecular weight is 346 g/mol. The average Bonchev–Trinajstić information content (AvgIpc) is 3.00. The Morgan fingerprint density at radius 3 is 2.38 bits per heavy atom. The number of benzene rings is 1. The van der Waals surface area contributed by atoms with E-state index in [1.165, 1.54) is 4.90 Å². The van der Waals surface area contributed by atoms with E-state index in [9.17, 15) is 4.79 Å². The summed E-state index contributed by atoms with van der Waals surface area (Å²) in [7, 11) is 4.17. The van der Waals surface area contributed by atoms with Gasteiger partial charge in [0.05, 0.1) is 0 Å². The van der Waals surface area contributed by atoms with Gasteiger partial charge < -0.3 is 15.1 Å². The molecule has 0 bridgehead atoms. The van der Waals surface area contributed by atoms with Gasteiger partial charge in [0, 0.05) is 36.0 Å². The number of hydrogen-bond donors (Lipinski definition) is 1. The molecule has 2 atom stereocenters. The predicted molar refractivity (Wildman–Crippen MR) is 102 cm³/mol. The second-order valence-electron chi connectivity index (χ2n) is 6.97. The van der Waals surface area contributed by atoms with E-state index in [1.807, 2.05) is 28.8 Å². The minimum absolute atomic E-state index is 0.0393. The first-order valence-electron chi connectivity index (χ1n) is 8.70. The minimum atomic E-state index is 0.0393. The Morgan fingerprint density at radius 2 is 1.79 bits per heavy atom. The van der Waals surface area contributed by atoms with Crippen molar-refractivity contribution >= 4 is 23.5 Å². The van der Waals surface area contributed by atoms with E-state index in [1.54, 1.807) is 0 Å². The quantitative estimate of drug-likeness (QED) is 0.652. The van der Waals surface area contributed by atoms with Crippen molar-refractivity contribution in [1.29, 1.82) is 0 Å². The topological polar surface area (TPSA) is 35.6 Å². The third-order valence-corrected chi connectivity index (χ3v) is 5.81. The summed E-state index contributed by atoms with van der Waals surface area (Å²) in [6, 6.07) is 8.21. The van der Waals surface area contributed by atoms with E-state index >= 15 is 0 Å². The number of rotatable bonds is 5. The maximum absolute atomic E-state index is 12.5. The Balaban J connectivity index is 1.48. The number of hydrogen-bond acceptors (Lipinski definition) is 3. The van der Waals surface area contributed by atoms with Gasteiger partial charge in [0.15, 0.2) is 0 Å². The molecular weight excluding hydrogens is 318 g/mol. The first-order valence-corrected chi connectivity index (χ1v) is 9.69. The number of carbonyl (C=O) groups is 1. The van der Waals surface area contributed by atoms with E-state index in [2.05, 4.69) is 48.6 Å². The number of anilines is 1. The van der Waals surface area contributed by atoms with Gasteiger partial charge in [-0.05, 0) is 63.0 Å². The molecule has 2 amide bonds. The molecule has 0 saturated carbocycles. The number of nitrogens with one attached hydrogen (secondary N) is 1. The number of likely N-dealkylation sites (tertiary alicyclic amines) is 1. The van der Waals surface area contributed by atoms with Crippen LogP contribution < -0.4 is 5.32 Å². The van der Waals surface area contributed by atoms with E-state index < -0.39 is 0 Å². The second kappa shape index (κ2) is 8.08. The van der Waals surface area contributed by atoms with Crippen molar-refractivity contribution in [2.45, 2.75) is 17.7 Å². The predicted octanol–water partition coefficient (Wildman–Crippen LogP) is 3.77. The molecule has 1 fully saturated rings. The highest BCUT2D eigenvalue weighted by Gasteiger charge is 2.35. The molecule has 1 aliphatic carbocycles. The lowest BCUT2D eigenvalue weighted by Crippen LogP contribution is -2.33. The second-order valence-corrected chi connectivity index (χ2v) is 8.14. The van der Waals surface area contributed by atoms with Gasteiger partial charge in [-0.3, -0.25) is 0 Å². The highest BCUT2D eigenvalue weighted by Crippen LogP contribution is 2.33. The third kappa shape index (κ3) is 4.54. The van der Waals surface area contributed by atoms with Gasteiger partial charge in [-0.1, -0.05) is 12.2 Å². The molecule has 3 rings (SSSR count). The Labute approximate surface area is 149 Å². The lowest BCUT2D eigenvalue weighted by molar-refractivity contribution is 0.220. The molecule has 1 aromatic rings. The van der Waals surface area contributed by atoms with E-state index in [-0.39, 0.29) is 6.03 Å². The summed E-state index contributed by atoms with van der Waals surface area (Å²) < 4.78 is 0. The zero-order chi connectivity index (χ0) is 16.9. The van der Waals surface area contributed by atoms with Crippen molar-refractivity contribution in [2.75, 3.05) is 44.8 Å². The molecule has 0 spiro atoms. The fourth-order valence-electron chi connectivity index (χ4n) is 3.36. The van der Waals surface area contributed by atoms with Crippen molar-refractivity contribution in [3.05, 3.63) is 36.4 Å². The third-order valence-electron chi connectivity index (χ3n) is 4.82. The summed E-state index contributed by atoms with van der Waals surface area (Å²) >= 11 is 1.84. The van der Waals surface area contributed by atoms with Crippen molar-refractivity contribution in [2.24, 2.45) is 11.8 Å². The number of thioether (sulfide) groups is 1. The zero-order valence-corrected chi connectivity index (χ0v) is 15.4. The van der Waals surface area contributed by atoms with Crippen LogP contribution in [-0.2, 0) is 0 Å². The van der Waals surface area contributed by atoms with Crippen LogP contribution in [0.25, 0.3) is 0 Å². The summed E-state index contributed by atoms with van der Waals surface area (Å²) in [6.45, 7) is 2.84. The van der Waals surface area contributed by atoms with Crippen molar-refractivity contribution in [3.63, 3.8) is 0 Å². The van der Waals surface area contributed by atoms with Crippen LogP contribution in [0.4, 0.5) is 10.5 Å². The van der Waals surface area contributed by atoms with Crippen LogP contribution in [0, 0.1) is 11.8 Å². The molecule has 4 nitrogen and oxygen atoms in total. The molecule has 1 heterocycles. The Kier molecular flexibility index (Phi) is 5.85. The van der Waals surface area contributed by atoms with Gasteiger partial charge >= 0.3 is 6.03 Å². The summed E-state index contributed by atoms with van der Waals surface area (Å²) in [5.74, 6) is 2.37. The maximum atomic E-state index is 12.5. The molecule has 1 aliphatic heterocycles. The number of urea groups is 1. The number of amides is 2. The van der Waals surface area contributed by atoms with Crippen molar-refractivity contribution in [1.82, 2.24) is 9.80 Å². The van der Waals surface area contributed by atoms with Crippen LogP contribution in [-0.4, -0.2) is 55.3 Å². The molecule has 5 heteroatoms. The first-order chi connectivity index (χ1) is 11.6. The Bertz CT molecular complexity index is 569. The van der Waals surface area contributed by atoms with E-state index in [0.29, 0.717) is 11.8 Å². The Morgan fingerprint density at radius 1 is 1.17 bits per heavy atom. The summed E-state index contributed by atoms with van der Waals surface area (Å²) in [6.07, 6.45) is 6.76. The van der Waals surface area contributed by atoms with Crippen LogP contribution in [0.3, 0.4) is 0 Å². The van der Waals surface area contributed by atoms with Crippen molar-refractivity contribution < 1.29 is 4.79 Å². The van der Waals surface area contributed by atoms with E-state index in [0.717, 1.165) is 43.9 Å². The van der Waals surface area contributed by atoms with Gasteiger partial charge in [0.25, 0.3) is 0 Å². The van der Waals surface area contributed by atoms with Gasteiger partial charge in [-0.15, -0.1) is 11.8 Å². The number of fused-ring (bicyclic) bond motifs is 1. The lowest BCUT2D eigenvalue weighted by Gasteiger charge is -2.17. The molecule has 1 aromatic carbocycles. The molecule has 1 N–H and O–H groups in total. The highest BCUT2D eigenvalue weighted by molar-refractivity contribution is 7.99. The molecule has 130 valence electrons. The van der Waals surface area contributed by atoms with Gasteiger partial charge in [0.1, 0.15) is 0 Å². The van der Waals surface area contributed by atoms with Crippen LogP contribution >= 0.6 is 11.8 Å². The molecule has 0 radical (unpaired) electrons. The smallest absolute Gasteiger partial charge is 0.321 e. The fourth-order valence-corrected chi connectivity index (χ4v) is 4.38. The molecule has 2 aliphatic rings. The molecule has 24 heavy (non-hydrogen) atoms. The monoisotopic (exact) mass is 345 g/mol. The SMILES string of the molecule is CN(C)CCSc1ccc(NC(=O)N2CC3CC=CCC3C2)cc1. The van der Waals surface area contributed by atoms with Gasteiger partial charge in [-0.2, -0.15) is 0 Å². The number of nitrogens with zero attached hydrogens (tertiary/aromatic N) is 2. The Hall–Kier alpha value is -1.46. The van der Waals surface area contributed by atoms with Gasteiger partial charge in [0.2, 0.25) is 0 Å². The maximum Gasteiger partial charge on any atom is 0.321 e. The van der Waals surface area contributed by atoms with Crippen LogP contribution in [0.2, 0.25) is 0 Å². The summed E-state index contributed by atoms with van der Waals surface area (Å²) in [4.78, 5) is 17.9. The largest absolute Gasteiger partial charge is 0.324 e. The standard InChI is InChI=1S/C19H27N3OS/c1-21(2)11-12-24-18-9-7-17(8-10-18)20-19(23)22-13-15-5-3-4-6-16(15)14-22/h3-4,7-10,15-16H,5-6,11-14H2,1-2H3,(H,20,23). The highest BCUT2D eigenvalue weighted by atomic mass is 32.2.